The van der Waals surface area contributed by atoms with Gasteiger partial charge in [0.1, 0.15) is 12.4 Å². The molecule has 0 unspecified atom stereocenters. The van der Waals surface area contributed by atoms with Gasteiger partial charge in [0.15, 0.2) is 0 Å². The minimum atomic E-state index is -0.640. The highest BCUT2D eigenvalue weighted by atomic mass is 16.5. The first-order valence-corrected chi connectivity index (χ1v) is 6.59. The van der Waals surface area contributed by atoms with Gasteiger partial charge in [-0.15, -0.1) is 0 Å². The number of esters is 1. The van der Waals surface area contributed by atoms with Crippen LogP contribution in [0, 0.1) is 12.3 Å². The zero-order chi connectivity index (χ0) is 14.6. The number of carbonyl (C=O) groups is 1. The van der Waals surface area contributed by atoms with Crippen LogP contribution in [0.25, 0.3) is 0 Å². The average Bonchev–Trinajstić information content (AvgIpc) is 2.35. The Morgan fingerprint density at radius 3 is 2.42 bits per heavy atom. The number of hydrogen-bond acceptors (Lipinski definition) is 3. The molecular weight excluding hydrogens is 240 g/mol. The van der Waals surface area contributed by atoms with E-state index in [0.29, 0.717) is 12.5 Å². The molecule has 0 saturated carbocycles. The fraction of sp³-hybridized carbons (Fsp3) is 0.562. The number of hydrogen-bond donors (Lipinski definition) is 0. The molecule has 0 saturated heterocycles. The molecule has 0 aromatic heterocycles. The van der Waals surface area contributed by atoms with Gasteiger partial charge in [-0.05, 0) is 49.9 Å². The van der Waals surface area contributed by atoms with Gasteiger partial charge in [0.2, 0.25) is 0 Å². The molecule has 0 aliphatic heterocycles. The third-order valence-corrected chi connectivity index (χ3v) is 3.20. The summed E-state index contributed by atoms with van der Waals surface area (Å²) in [7, 11) is 1.39. The van der Waals surface area contributed by atoms with Crippen molar-refractivity contribution in [2.75, 3.05) is 13.7 Å². The van der Waals surface area contributed by atoms with E-state index in [9.17, 15) is 4.79 Å². The third kappa shape index (κ3) is 3.98. The predicted molar refractivity (Wildman–Crippen MR) is 76.6 cm³/mol. The lowest BCUT2D eigenvalue weighted by molar-refractivity contribution is -0.152. The van der Waals surface area contributed by atoms with Gasteiger partial charge in [-0.2, -0.15) is 0 Å². The van der Waals surface area contributed by atoms with E-state index in [-0.39, 0.29) is 5.97 Å². The summed E-state index contributed by atoms with van der Waals surface area (Å²) >= 11 is 0. The van der Waals surface area contributed by atoms with Gasteiger partial charge in [0.25, 0.3) is 0 Å². The fourth-order valence-corrected chi connectivity index (χ4v) is 1.98. The Bertz CT molecular complexity index is 447. The van der Waals surface area contributed by atoms with Gasteiger partial charge in [0.05, 0.1) is 12.5 Å². The van der Waals surface area contributed by atoms with Crippen LogP contribution >= 0.6 is 0 Å². The molecule has 0 N–H and O–H groups in total. The molecule has 19 heavy (non-hydrogen) atoms. The number of ether oxygens (including phenoxy) is 2. The summed E-state index contributed by atoms with van der Waals surface area (Å²) in [6.45, 7) is 10.3. The molecule has 3 nitrogen and oxygen atoms in total. The number of aryl methyl sites for hydroxylation is 1. The highest BCUT2D eigenvalue weighted by Crippen LogP contribution is 2.25. The Hall–Kier alpha value is -1.51. The number of methoxy groups -OCH3 is 1. The summed E-state index contributed by atoms with van der Waals surface area (Å²) in [5.74, 6) is 1.03. The van der Waals surface area contributed by atoms with Crippen LogP contribution in [0.15, 0.2) is 18.2 Å². The molecule has 1 aromatic carbocycles. The average molecular weight is 264 g/mol. The summed E-state index contributed by atoms with van der Waals surface area (Å²) in [5.41, 5.74) is 1.89. The first-order chi connectivity index (χ1) is 8.77. The lowest BCUT2D eigenvalue weighted by atomic mass is 9.95. The summed E-state index contributed by atoms with van der Waals surface area (Å²) in [4.78, 5) is 11.6. The highest BCUT2D eigenvalue weighted by Gasteiger charge is 2.29. The van der Waals surface area contributed by atoms with Crippen LogP contribution in [0.5, 0.6) is 5.75 Å². The smallest absolute Gasteiger partial charge is 0.314 e. The molecule has 0 radical (unpaired) electrons. The quantitative estimate of drug-likeness (QED) is 0.761. The van der Waals surface area contributed by atoms with Crippen molar-refractivity contribution in [2.45, 2.75) is 40.5 Å². The second-order valence-electron chi connectivity index (χ2n) is 5.84. The van der Waals surface area contributed by atoms with Crippen molar-refractivity contribution in [2.24, 2.45) is 5.41 Å². The summed E-state index contributed by atoms with van der Waals surface area (Å²) in [6, 6.07) is 6.05. The minimum absolute atomic E-state index is 0.261. The van der Waals surface area contributed by atoms with Crippen LogP contribution in [-0.2, 0) is 9.53 Å². The van der Waals surface area contributed by atoms with Gasteiger partial charge in [-0.3, -0.25) is 4.79 Å². The normalized spacial score (nSPS) is 11.5. The van der Waals surface area contributed by atoms with Crippen LogP contribution in [0.3, 0.4) is 0 Å². The van der Waals surface area contributed by atoms with Crippen molar-refractivity contribution in [1.29, 1.82) is 0 Å². The molecule has 3 heteroatoms. The molecule has 106 valence electrons. The molecule has 0 amide bonds. The van der Waals surface area contributed by atoms with Crippen molar-refractivity contribution in [3.8, 4) is 5.75 Å². The molecule has 1 aromatic rings. The van der Waals surface area contributed by atoms with E-state index in [1.54, 1.807) is 0 Å². The molecule has 0 atom stereocenters. The largest absolute Gasteiger partial charge is 0.492 e. The van der Waals surface area contributed by atoms with Crippen LogP contribution in [0.4, 0.5) is 0 Å². The maximum absolute atomic E-state index is 11.6. The zero-order valence-electron chi connectivity index (χ0n) is 12.7. The molecule has 0 aliphatic rings. The van der Waals surface area contributed by atoms with Crippen LogP contribution in [0.1, 0.15) is 44.7 Å². The van der Waals surface area contributed by atoms with Gasteiger partial charge in [-0.1, -0.05) is 19.9 Å². The highest BCUT2D eigenvalue weighted by molar-refractivity contribution is 5.75. The Morgan fingerprint density at radius 2 is 1.95 bits per heavy atom. The molecule has 1 rings (SSSR count). The topological polar surface area (TPSA) is 35.5 Å². The van der Waals surface area contributed by atoms with E-state index >= 15 is 0 Å². The number of carbonyl (C=O) groups excluding carboxylic acids is 1. The van der Waals surface area contributed by atoms with Crippen LogP contribution < -0.4 is 4.74 Å². The van der Waals surface area contributed by atoms with Crippen molar-refractivity contribution in [3.05, 3.63) is 29.3 Å². The monoisotopic (exact) mass is 264 g/mol. The van der Waals surface area contributed by atoms with Gasteiger partial charge in [0, 0.05) is 0 Å². The summed E-state index contributed by atoms with van der Waals surface area (Å²) in [5, 5.41) is 0. The zero-order valence-corrected chi connectivity index (χ0v) is 12.7. The number of benzene rings is 1. The van der Waals surface area contributed by atoms with E-state index in [2.05, 4.69) is 26.8 Å². The maximum Gasteiger partial charge on any atom is 0.314 e. The predicted octanol–water partition coefficient (Wildman–Crippen LogP) is 3.70. The summed E-state index contributed by atoms with van der Waals surface area (Å²) < 4.78 is 10.5. The second-order valence-corrected chi connectivity index (χ2v) is 5.84. The third-order valence-electron chi connectivity index (χ3n) is 3.20. The molecule has 0 aliphatic carbocycles. The number of rotatable bonds is 5. The van der Waals surface area contributed by atoms with Gasteiger partial charge >= 0.3 is 5.97 Å². The fourth-order valence-electron chi connectivity index (χ4n) is 1.98. The maximum atomic E-state index is 11.6. The molecular formula is C16H24O3. The minimum Gasteiger partial charge on any atom is -0.492 e. The lowest BCUT2D eigenvalue weighted by Crippen LogP contribution is -2.32. The van der Waals surface area contributed by atoms with E-state index in [4.69, 9.17) is 9.47 Å². The molecule has 0 bridgehead atoms. The van der Waals surface area contributed by atoms with E-state index in [0.717, 1.165) is 5.75 Å². The first kappa shape index (κ1) is 15.5. The Balaban J connectivity index is 2.74. The van der Waals surface area contributed by atoms with Crippen molar-refractivity contribution >= 4 is 5.97 Å². The van der Waals surface area contributed by atoms with Crippen LogP contribution in [0.2, 0.25) is 0 Å². The van der Waals surface area contributed by atoms with Crippen LogP contribution in [-0.4, -0.2) is 19.7 Å². The summed E-state index contributed by atoms with van der Waals surface area (Å²) in [6.07, 6.45) is 0. The van der Waals surface area contributed by atoms with E-state index in [1.165, 1.54) is 18.2 Å². The molecule has 0 fully saturated rings. The standard InChI is InChI=1S/C16H24O3/c1-11(2)14-8-7-13(9-12(14)3)19-10-16(4,5)15(17)18-6/h7-9,11H,10H2,1-6H3. The van der Waals surface area contributed by atoms with E-state index in [1.807, 2.05) is 26.0 Å². The van der Waals surface area contributed by atoms with Crippen molar-refractivity contribution in [1.82, 2.24) is 0 Å². The second kappa shape index (κ2) is 6.09. The lowest BCUT2D eigenvalue weighted by Gasteiger charge is -2.22. The van der Waals surface area contributed by atoms with E-state index < -0.39 is 5.41 Å². The van der Waals surface area contributed by atoms with Crippen molar-refractivity contribution < 1.29 is 14.3 Å². The Labute approximate surface area is 115 Å². The van der Waals surface area contributed by atoms with Crippen molar-refractivity contribution in [3.63, 3.8) is 0 Å². The molecule has 0 heterocycles. The Morgan fingerprint density at radius 1 is 1.32 bits per heavy atom. The van der Waals surface area contributed by atoms with Gasteiger partial charge < -0.3 is 9.47 Å². The SMILES string of the molecule is COC(=O)C(C)(C)COc1ccc(C(C)C)c(C)c1. The molecule has 0 spiro atoms. The first-order valence-electron chi connectivity index (χ1n) is 6.59. The Kier molecular flexibility index (Phi) is 4.98. The van der Waals surface area contributed by atoms with Gasteiger partial charge in [-0.25, -0.2) is 0 Å².